The number of halogens is 1. The minimum Gasteiger partial charge on any atom is -0.464 e. The van der Waals surface area contributed by atoms with E-state index in [0.29, 0.717) is 21.8 Å². The summed E-state index contributed by atoms with van der Waals surface area (Å²) < 4.78 is 11.3. The van der Waals surface area contributed by atoms with Gasteiger partial charge in [0.1, 0.15) is 11.2 Å². The Morgan fingerprint density at radius 2 is 1.77 bits per heavy atom. The fourth-order valence-electron chi connectivity index (χ4n) is 4.37. The third-order valence-electron chi connectivity index (χ3n) is 6.17. The highest BCUT2D eigenvalue weighted by Crippen LogP contribution is 2.35. The maximum absolute atomic E-state index is 12.8. The molecule has 0 N–H and O–H groups in total. The van der Waals surface area contributed by atoms with E-state index in [-0.39, 0.29) is 12.3 Å². The molecule has 158 valence electrons. The number of amides is 1. The molecule has 1 fully saturated rings. The quantitative estimate of drug-likeness (QED) is 0.386. The first-order chi connectivity index (χ1) is 15.0. The largest absolute Gasteiger partial charge is 0.464 e. The van der Waals surface area contributed by atoms with E-state index in [1.165, 1.54) is 0 Å². The Hall–Kier alpha value is -3.05. The minimum atomic E-state index is -0.459. The van der Waals surface area contributed by atoms with Crippen molar-refractivity contribution in [3.05, 3.63) is 69.2 Å². The van der Waals surface area contributed by atoms with Gasteiger partial charge in [0.15, 0.2) is 0 Å². The summed E-state index contributed by atoms with van der Waals surface area (Å²) in [4.78, 5) is 27.3. The predicted octanol–water partition coefficient (Wildman–Crippen LogP) is 5.72. The van der Waals surface area contributed by atoms with E-state index in [1.54, 1.807) is 12.3 Å². The Balaban J connectivity index is 1.59. The van der Waals surface area contributed by atoms with Crippen LogP contribution in [-0.2, 0) is 11.2 Å². The molecule has 0 atom stereocenters. The van der Waals surface area contributed by atoms with Crippen LogP contribution in [0.2, 0.25) is 5.02 Å². The number of nitrogens with zero attached hydrogens (tertiary/aromatic N) is 1. The Morgan fingerprint density at radius 1 is 1.03 bits per heavy atom. The van der Waals surface area contributed by atoms with Gasteiger partial charge in [-0.2, -0.15) is 0 Å². The lowest BCUT2D eigenvalue weighted by molar-refractivity contribution is -0.131. The van der Waals surface area contributed by atoms with Gasteiger partial charge in [-0.05, 0) is 55.5 Å². The molecule has 31 heavy (non-hydrogen) atoms. The third-order valence-corrected chi connectivity index (χ3v) is 6.43. The standard InChI is InChI=1S/C25H22ClNO4/c1-15-18-11-20-21(16-5-7-17(26)8-6-16)14-30-22(20)13-23(18)31-25(29)19(15)12-24(28)27-9-3-2-4-10-27/h5-8,11,13-14H,2-4,9-10,12H2,1H3. The summed E-state index contributed by atoms with van der Waals surface area (Å²) in [5.41, 5.74) is 3.77. The van der Waals surface area contributed by atoms with Crippen LogP contribution in [0.25, 0.3) is 33.1 Å². The molecule has 2 aromatic heterocycles. The van der Waals surface area contributed by atoms with Gasteiger partial charge >= 0.3 is 5.63 Å². The maximum atomic E-state index is 12.8. The number of likely N-dealkylation sites (tertiary alicyclic amines) is 1. The molecule has 1 aliphatic heterocycles. The molecule has 0 spiro atoms. The fraction of sp³-hybridized carbons (Fsp3) is 0.280. The highest BCUT2D eigenvalue weighted by Gasteiger charge is 2.21. The van der Waals surface area contributed by atoms with Crippen molar-refractivity contribution >= 4 is 39.4 Å². The van der Waals surface area contributed by atoms with Crippen LogP contribution in [0.15, 0.2) is 56.3 Å². The molecule has 1 amide bonds. The van der Waals surface area contributed by atoms with Gasteiger partial charge in [0.05, 0.1) is 18.2 Å². The lowest BCUT2D eigenvalue weighted by Crippen LogP contribution is -2.37. The van der Waals surface area contributed by atoms with Crippen molar-refractivity contribution in [1.29, 1.82) is 0 Å². The van der Waals surface area contributed by atoms with Crippen molar-refractivity contribution in [3.63, 3.8) is 0 Å². The Labute approximate surface area is 184 Å². The number of rotatable bonds is 3. The molecule has 0 unspecified atom stereocenters. The van der Waals surface area contributed by atoms with Crippen molar-refractivity contribution in [1.82, 2.24) is 4.90 Å². The number of carbonyl (C=O) groups excluding carboxylic acids is 1. The number of benzene rings is 2. The number of fused-ring (bicyclic) bond motifs is 2. The van der Waals surface area contributed by atoms with Gasteiger partial charge < -0.3 is 13.7 Å². The van der Waals surface area contributed by atoms with Crippen molar-refractivity contribution in [2.45, 2.75) is 32.6 Å². The number of hydrogen-bond donors (Lipinski definition) is 0. The van der Waals surface area contributed by atoms with Gasteiger partial charge in [0, 0.05) is 40.5 Å². The average Bonchev–Trinajstić information content (AvgIpc) is 3.19. The van der Waals surface area contributed by atoms with Crippen LogP contribution >= 0.6 is 11.6 Å². The number of aryl methyl sites for hydroxylation is 1. The van der Waals surface area contributed by atoms with E-state index in [0.717, 1.165) is 59.8 Å². The average molecular weight is 436 g/mol. The zero-order valence-corrected chi connectivity index (χ0v) is 18.0. The molecule has 0 radical (unpaired) electrons. The van der Waals surface area contributed by atoms with Gasteiger partial charge in [-0.25, -0.2) is 4.79 Å². The molecule has 5 nitrogen and oxygen atoms in total. The van der Waals surface area contributed by atoms with Crippen LogP contribution in [0.4, 0.5) is 0 Å². The van der Waals surface area contributed by atoms with Gasteiger partial charge in [-0.1, -0.05) is 23.7 Å². The summed E-state index contributed by atoms with van der Waals surface area (Å²) in [7, 11) is 0. The zero-order valence-electron chi connectivity index (χ0n) is 17.2. The summed E-state index contributed by atoms with van der Waals surface area (Å²) in [6.45, 7) is 3.40. The topological polar surface area (TPSA) is 63.7 Å². The molecule has 3 heterocycles. The molecule has 1 saturated heterocycles. The third kappa shape index (κ3) is 3.63. The second kappa shape index (κ2) is 7.89. The van der Waals surface area contributed by atoms with E-state index < -0.39 is 5.63 Å². The van der Waals surface area contributed by atoms with Crippen molar-refractivity contribution in [2.24, 2.45) is 0 Å². The highest BCUT2D eigenvalue weighted by atomic mass is 35.5. The number of carbonyl (C=O) groups is 1. The van der Waals surface area contributed by atoms with Gasteiger partial charge in [0.2, 0.25) is 5.91 Å². The molecule has 5 rings (SSSR count). The first kappa shape index (κ1) is 19.9. The molecule has 0 saturated carbocycles. The summed E-state index contributed by atoms with van der Waals surface area (Å²) in [5.74, 6) is -0.0132. The Bertz CT molecular complexity index is 1340. The Kier molecular flexibility index (Phi) is 5.06. The molecule has 0 bridgehead atoms. The summed E-state index contributed by atoms with van der Waals surface area (Å²) in [6.07, 6.45) is 4.95. The molecule has 2 aromatic carbocycles. The summed E-state index contributed by atoms with van der Waals surface area (Å²) >= 11 is 6.02. The van der Waals surface area contributed by atoms with E-state index in [4.69, 9.17) is 20.4 Å². The van der Waals surface area contributed by atoms with E-state index >= 15 is 0 Å². The maximum Gasteiger partial charge on any atom is 0.340 e. The van der Waals surface area contributed by atoms with Crippen LogP contribution in [0.3, 0.4) is 0 Å². The van der Waals surface area contributed by atoms with Crippen LogP contribution in [-0.4, -0.2) is 23.9 Å². The van der Waals surface area contributed by atoms with Crippen molar-refractivity contribution < 1.29 is 13.6 Å². The number of piperidine rings is 1. The second-order valence-corrected chi connectivity index (χ2v) is 8.55. The van der Waals surface area contributed by atoms with Crippen molar-refractivity contribution in [3.8, 4) is 11.1 Å². The first-order valence-corrected chi connectivity index (χ1v) is 10.9. The predicted molar refractivity (Wildman–Crippen MR) is 122 cm³/mol. The zero-order chi connectivity index (χ0) is 21.5. The van der Waals surface area contributed by atoms with Crippen molar-refractivity contribution in [2.75, 3.05) is 13.1 Å². The Morgan fingerprint density at radius 3 is 2.52 bits per heavy atom. The lowest BCUT2D eigenvalue weighted by Gasteiger charge is -2.26. The van der Waals surface area contributed by atoms with Crippen LogP contribution < -0.4 is 5.63 Å². The van der Waals surface area contributed by atoms with Crippen LogP contribution in [0.1, 0.15) is 30.4 Å². The summed E-state index contributed by atoms with van der Waals surface area (Å²) in [6, 6.07) is 11.3. The van der Waals surface area contributed by atoms with Gasteiger partial charge in [0.25, 0.3) is 0 Å². The highest BCUT2D eigenvalue weighted by molar-refractivity contribution is 6.30. The van der Waals surface area contributed by atoms with Gasteiger partial charge in [-0.3, -0.25) is 4.79 Å². The summed E-state index contributed by atoms with van der Waals surface area (Å²) in [5, 5.41) is 2.40. The van der Waals surface area contributed by atoms with Crippen LogP contribution in [0, 0.1) is 6.92 Å². The smallest absolute Gasteiger partial charge is 0.340 e. The number of hydrogen-bond acceptors (Lipinski definition) is 4. The van der Waals surface area contributed by atoms with E-state index in [2.05, 4.69) is 0 Å². The molecule has 1 aliphatic rings. The molecule has 4 aromatic rings. The number of furan rings is 1. The lowest BCUT2D eigenvalue weighted by atomic mass is 9.99. The minimum absolute atomic E-state index is 0.0132. The monoisotopic (exact) mass is 435 g/mol. The van der Waals surface area contributed by atoms with Crippen LogP contribution in [0.5, 0.6) is 0 Å². The van der Waals surface area contributed by atoms with E-state index in [1.807, 2.05) is 42.2 Å². The molecular weight excluding hydrogens is 414 g/mol. The van der Waals surface area contributed by atoms with E-state index in [9.17, 15) is 9.59 Å². The SMILES string of the molecule is Cc1c(CC(=O)N2CCCCC2)c(=O)oc2cc3occ(-c4ccc(Cl)cc4)c3cc12. The fourth-order valence-corrected chi connectivity index (χ4v) is 4.50. The first-order valence-electron chi connectivity index (χ1n) is 10.5. The van der Waals surface area contributed by atoms with Gasteiger partial charge in [-0.15, -0.1) is 0 Å². The molecular formula is C25H22ClNO4. The normalized spacial score (nSPS) is 14.5. The second-order valence-electron chi connectivity index (χ2n) is 8.11. The molecule has 6 heteroatoms. The molecule has 0 aliphatic carbocycles.